The number of carbonyl (C=O) groups is 1. The highest BCUT2D eigenvalue weighted by molar-refractivity contribution is 5.60. The SMILES string of the molecule is COc1cc(N2CCC(C=O)CC2)ccc1[N+](=O)[O-]. The van der Waals surface area contributed by atoms with E-state index in [0.717, 1.165) is 37.9 Å². The Balaban J connectivity index is 2.17. The maximum absolute atomic E-state index is 10.8. The van der Waals surface area contributed by atoms with Gasteiger partial charge in [-0.25, -0.2) is 0 Å². The molecule has 0 spiro atoms. The van der Waals surface area contributed by atoms with Crippen molar-refractivity contribution in [2.45, 2.75) is 12.8 Å². The van der Waals surface area contributed by atoms with Crippen LogP contribution in [0.3, 0.4) is 0 Å². The zero-order chi connectivity index (χ0) is 13.8. The molecule has 0 atom stereocenters. The van der Waals surface area contributed by atoms with Gasteiger partial charge in [-0.15, -0.1) is 0 Å². The lowest BCUT2D eigenvalue weighted by Crippen LogP contribution is -2.34. The topological polar surface area (TPSA) is 72.7 Å². The summed E-state index contributed by atoms with van der Waals surface area (Å²) in [4.78, 5) is 23.2. The minimum absolute atomic E-state index is 0.0333. The van der Waals surface area contributed by atoms with Gasteiger partial charge in [0.25, 0.3) is 0 Å². The van der Waals surface area contributed by atoms with Crippen LogP contribution in [-0.4, -0.2) is 31.4 Å². The number of aldehydes is 1. The minimum Gasteiger partial charge on any atom is -0.490 e. The Kier molecular flexibility index (Phi) is 3.99. The Bertz CT molecular complexity index is 482. The van der Waals surface area contributed by atoms with Crippen molar-refractivity contribution < 1.29 is 14.5 Å². The number of rotatable bonds is 4. The highest BCUT2D eigenvalue weighted by Crippen LogP contribution is 2.32. The largest absolute Gasteiger partial charge is 0.490 e. The second kappa shape index (κ2) is 5.69. The standard InChI is InChI=1S/C13H16N2O4/c1-19-13-8-11(2-3-12(13)15(17)18)14-6-4-10(9-16)5-7-14/h2-3,8-10H,4-7H2,1H3. The number of anilines is 1. The lowest BCUT2D eigenvalue weighted by Gasteiger charge is -2.31. The van der Waals surface area contributed by atoms with E-state index in [0.29, 0.717) is 0 Å². The summed E-state index contributed by atoms with van der Waals surface area (Å²) in [5.41, 5.74) is 0.862. The number of carbonyl (C=O) groups excluding carboxylic acids is 1. The number of hydrogen-bond acceptors (Lipinski definition) is 5. The van der Waals surface area contributed by atoms with E-state index in [9.17, 15) is 14.9 Å². The molecule has 6 nitrogen and oxygen atoms in total. The summed E-state index contributed by atoms with van der Waals surface area (Å²) in [6.07, 6.45) is 2.65. The third-order valence-corrected chi connectivity index (χ3v) is 3.46. The molecule has 1 fully saturated rings. The maximum atomic E-state index is 10.8. The molecule has 0 unspecified atom stereocenters. The van der Waals surface area contributed by atoms with Crippen molar-refractivity contribution in [1.29, 1.82) is 0 Å². The normalized spacial score (nSPS) is 16.2. The molecule has 0 radical (unpaired) electrons. The fraction of sp³-hybridized carbons (Fsp3) is 0.462. The van der Waals surface area contributed by atoms with E-state index in [1.165, 1.54) is 13.2 Å². The molecule has 1 aliphatic heterocycles. The first-order chi connectivity index (χ1) is 9.15. The highest BCUT2D eigenvalue weighted by Gasteiger charge is 2.21. The van der Waals surface area contributed by atoms with E-state index in [2.05, 4.69) is 4.90 Å². The zero-order valence-corrected chi connectivity index (χ0v) is 10.7. The van der Waals surface area contributed by atoms with Gasteiger partial charge in [0.15, 0.2) is 5.75 Å². The van der Waals surface area contributed by atoms with E-state index in [1.54, 1.807) is 12.1 Å². The molecule has 1 saturated heterocycles. The van der Waals surface area contributed by atoms with Crippen LogP contribution in [0.2, 0.25) is 0 Å². The molecular formula is C13H16N2O4. The summed E-state index contributed by atoms with van der Waals surface area (Å²) in [6.45, 7) is 1.56. The van der Waals surface area contributed by atoms with Gasteiger partial charge in [-0.05, 0) is 18.9 Å². The highest BCUT2D eigenvalue weighted by atomic mass is 16.6. The molecule has 19 heavy (non-hydrogen) atoms. The van der Waals surface area contributed by atoms with Gasteiger partial charge < -0.3 is 14.4 Å². The van der Waals surface area contributed by atoms with Crippen molar-refractivity contribution in [2.24, 2.45) is 5.92 Å². The van der Waals surface area contributed by atoms with Gasteiger partial charge in [0.1, 0.15) is 6.29 Å². The average molecular weight is 264 g/mol. The van der Waals surface area contributed by atoms with Crippen LogP contribution >= 0.6 is 0 Å². The third-order valence-electron chi connectivity index (χ3n) is 3.46. The third kappa shape index (κ3) is 2.83. The Hall–Kier alpha value is -2.11. The van der Waals surface area contributed by atoms with Crippen LogP contribution in [0, 0.1) is 16.0 Å². The van der Waals surface area contributed by atoms with Crippen molar-refractivity contribution in [3.8, 4) is 5.75 Å². The molecule has 0 aromatic heterocycles. The minimum atomic E-state index is -0.457. The molecule has 0 aliphatic carbocycles. The van der Waals surface area contributed by atoms with Crippen molar-refractivity contribution in [2.75, 3.05) is 25.1 Å². The summed E-state index contributed by atoms with van der Waals surface area (Å²) >= 11 is 0. The van der Waals surface area contributed by atoms with Gasteiger partial charge in [-0.1, -0.05) is 0 Å². The Morgan fingerprint density at radius 2 is 2.11 bits per heavy atom. The van der Waals surface area contributed by atoms with Crippen LogP contribution in [0.4, 0.5) is 11.4 Å². The maximum Gasteiger partial charge on any atom is 0.311 e. The number of nitrogens with zero attached hydrogens (tertiary/aromatic N) is 2. The van der Waals surface area contributed by atoms with Crippen LogP contribution < -0.4 is 9.64 Å². The van der Waals surface area contributed by atoms with Gasteiger partial charge >= 0.3 is 5.69 Å². The Morgan fingerprint density at radius 3 is 2.63 bits per heavy atom. The molecule has 2 rings (SSSR count). The van der Waals surface area contributed by atoms with Crippen LogP contribution in [-0.2, 0) is 4.79 Å². The molecular weight excluding hydrogens is 248 g/mol. The summed E-state index contributed by atoms with van der Waals surface area (Å²) in [7, 11) is 1.42. The zero-order valence-electron chi connectivity index (χ0n) is 10.7. The van der Waals surface area contributed by atoms with Crippen LogP contribution in [0.25, 0.3) is 0 Å². The van der Waals surface area contributed by atoms with Gasteiger partial charge in [0.2, 0.25) is 0 Å². The molecule has 1 heterocycles. The van der Waals surface area contributed by atoms with Gasteiger partial charge in [0.05, 0.1) is 12.0 Å². The molecule has 0 saturated carbocycles. The molecule has 1 aliphatic rings. The average Bonchev–Trinajstić information content (AvgIpc) is 2.46. The van der Waals surface area contributed by atoms with Crippen molar-refractivity contribution in [3.63, 3.8) is 0 Å². The number of ether oxygens (including phenoxy) is 1. The van der Waals surface area contributed by atoms with Crippen LogP contribution in [0.15, 0.2) is 18.2 Å². The Morgan fingerprint density at radius 1 is 1.42 bits per heavy atom. The summed E-state index contributed by atoms with van der Waals surface area (Å²) in [5.74, 6) is 0.399. The number of piperidine rings is 1. The molecule has 0 bridgehead atoms. The number of nitro benzene ring substituents is 1. The van der Waals surface area contributed by atoms with Crippen molar-refractivity contribution in [3.05, 3.63) is 28.3 Å². The second-order valence-corrected chi connectivity index (χ2v) is 4.57. The number of nitro groups is 1. The molecule has 0 N–H and O–H groups in total. The number of benzene rings is 1. The van der Waals surface area contributed by atoms with Gasteiger partial charge in [-0.3, -0.25) is 10.1 Å². The first-order valence-electron chi connectivity index (χ1n) is 6.18. The van der Waals surface area contributed by atoms with E-state index in [4.69, 9.17) is 4.74 Å². The number of methoxy groups -OCH3 is 1. The second-order valence-electron chi connectivity index (χ2n) is 4.57. The Labute approximate surface area is 111 Å². The summed E-state index contributed by atoms with van der Waals surface area (Å²) in [6, 6.07) is 4.86. The van der Waals surface area contributed by atoms with E-state index >= 15 is 0 Å². The molecule has 1 aromatic carbocycles. The van der Waals surface area contributed by atoms with E-state index in [1.807, 2.05) is 0 Å². The van der Waals surface area contributed by atoms with Crippen LogP contribution in [0.1, 0.15) is 12.8 Å². The van der Waals surface area contributed by atoms with Crippen LogP contribution in [0.5, 0.6) is 5.75 Å². The smallest absolute Gasteiger partial charge is 0.311 e. The number of hydrogen-bond donors (Lipinski definition) is 0. The molecule has 102 valence electrons. The van der Waals surface area contributed by atoms with Crippen molar-refractivity contribution in [1.82, 2.24) is 0 Å². The lowest BCUT2D eigenvalue weighted by molar-refractivity contribution is -0.385. The monoisotopic (exact) mass is 264 g/mol. The van der Waals surface area contributed by atoms with E-state index in [-0.39, 0.29) is 17.4 Å². The predicted molar refractivity (Wildman–Crippen MR) is 70.6 cm³/mol. The summed E-state index contributed by atoms with van der Waals surface area (Å²) in [5, 5.41) is 10.8. The molecule has 0 amide bonds. The predicted octanol–water partition coefficient (Wildman–Crippen LogP) is 2.02. The fourth-order valence-corrected chi connectivity index (χ4v) is 2.31. The molecule has 6 heteroatoms. The van der Waals surface area contributed by atoms with Gasteiger partial charge in [0, 0.05) is 36.8 Å². The summed E-state index contributed by atoms with van der Waals surface area (Å²) < 4.78 is 5.06. The fourth-order valence-electron chi connectivity index (χ4n) is 2.31. The van der Waals surface area contributed by atoms with E-state index < -0.39 is 4.92 Å². The molecule has 1 aromatic rings. The first kappa shape index (κ1) is 13.3. The van der Waals surface area contributed by atoms with Crippen molar-refractivity contribution >= 4 is 17.7 Å². The lowest BCUT2D eigenvalue weighted by atomic mass is 9.98. The first-order valence-corrected chi connectivity index (χ1v) is 6.18. The quantitative estimate of drug-likeness (QED) is 0.472. The van der Waals surface area contributed by atoms with Gasteiger partial charge in [-0.2, -0.15) is 0 Å².